The Bertz CT molecular complexity index is 999. The van der Waals surface area contributed by atoms with Crippen LogP contribution in [0.15, 0.2) is 29.4 Å². The number of carboxylic acid groups (broad SMARTS) is 1. The van der Waals surface area contributed by atoms with Gasteiger partial charge in [0.1, 0.15) is 6.04 Å². The topological polar surface area (TPSA) is 185 Å². The van der Waals surface area contributed by atoms with E-state index in [4.69, 9.17) is 5.53 Å². The van der Waals surface area contributed by atoms with Gasteiger partial charge in [0.25, 0.3) is 5.91 Å². The number of benzene rings is 1. The number of carbonyl (C=O) groups excluding carboxylic acids is 3. The Morgan fingerprint density at radius 3 is 2.67 bits per heavy atom. The van der Waals surface area contributed by atoms with Crippen molar-refractivity contribution in [3.63, 3.8) is 0 Å². The lowest BCUT2D eigenvalue weighted by Gasteiger charge is -2.16. The van der Waals surface area contributed by atoms with Gasteiger partial charge in [0, 0.05) is 40.1 Å². The van der Waals surface area contributed by atoms with Crippen LogP contribution in [0.25, 0.3) is 10.4 Å². The summed E-state index contributed by atoms with van der Waals surface area (Å²) < 4.78 is 0. The Morgan fingerprint density at radius 2 is 1.94 bits per heavy atom. The minimum atomic E-state index is -1.13. The molecular weight excluding hydrogens is 486 g/mol. The number of azide groups is 1. The van der Waals surface area contributed by atoms with Gasteiger partial charge < -0.3 is 26.4 Å². The summed E-state index contributed by atoms with van der Waals surface area (Å²) in [5, 5.41) is 24.5. The lowest BCUT2D eigenvalue weighted by Crippen LogP contribution is -2.40. The highest BCUT2D eigenvalue weighted by atomic mass is 32.2. The summed E-state index contributed by atoms with van der Waals surface area (Å²) in [6, 6.07) is 5.12. The molecule has 2 aliphatic rings. The van der Waals surface area contributed by atoms with E-state index < -0.39 is 17.9 Å². The number of urea groups is 1. The molecule has 5 N–H and O–H groups in total. The number of nitrogens with zero attached hydrogens (tertiary/aromatic N) is 3. The first-order chi connectivity index (χ1) is 17.4. The van der Waals surface area contributed by atoms with E-state index in [1.807, 2.05) is 11.8 Å². The molecule has 12 nitrogen and oxygen atoms in total. The molecule has 2 aliphatic heterocycles. The second kappa shape index (κ2) is 13.6. The van der Waals surface area contributed by atoms with Crippen molar-refractivity contribution in [1.82, 2.24) is 21.3 Å². The van der Waals surface area contributed by atoms with Crippen molar-refractivity contribution < 1.29 is 24.3 Å². The maximum Gasteiger partial charge on any atom is 0.326 e. The van der Waals surface area contributed by atoms with E-state index in [0.29, 0.717) is 36.7 Å². The predicted octanol–water partition coefficient (Wildman–Crippen LogP) is 2.82. The molecule has 0 saturated carbocycles. The van der Waals surface area contributed by atoms with Crippen molar-refractivity contribution in [2.75, 3.05) is 12.3 Å². The summed E-state index contributed by atoms with van der Waals surface area (Å²) in [6.45, 7) is 0.444. The lowest BCUT2D eigenvalue weighted by atomic mass is 10.0. The van der Waals surface area contributed by atoms with E-state index in [-0.39, 0.29) is 36.0 Å². The fourth-order valence-electron chi connectivity index (χ4n) is 4.29. The van der Waals surface area contributed by atoms with Crippen molar-refractivity contribution in [3.8, 4) is 0 Å². The summed E-state index contributed by atoms with van der Waals surface area (Å²) in [4.78, 5) is 50.0. The molecule has 1 aromatic rings. The number of nitrogens with one attached hydrogen (secondary N) is 4. The molecule has 4 amide bonds. The Labute approximate surface area is 213 Å². The molecule has 194 valence electrons. The molecule has 4 atom stereocenters. The molecule has 0 aromatic heterocycles. The van der Waals surface area contributed by atoms with Gasteiger partial charge in [0.05, 0.1) is 12.1 Å². The van der Waals surface area contributed by atoms with Crippen LogP contribution < -0.4 is 21.3 Å². The standard InChI is InChI=1S/C23H31N7O5S/c24-30-29-15-10-8-14(9-11-15)21(32)26-16(22(33)34)5-3-4-12-25-19(31)7-2-1-6-18-20-17(13-36-18)27-23(35)28-20/h8-11,16-18,20H,1-7,12-13H2,(H,25,31)(H,26,32)(H,33,34)(H2,27,28,35)/t16?,17-,18-,20-/m0/s1. The number of aliphatic carboxylic acids is 1. The van der Waals surface area contributed by atoms with Gasteiger partial charge in [-0.05, 0) is 49.8 Å². The van der Waals surface area contributed by atoms with Crippen LogP contribution in [0.2, 0.25) is 0 Å². The van der Waals surface area contributed by atoms with E-state index >= 15 is 0 Å². The molecule has 0 radical (unpaired) electrons. The van der Waals surface area contributed by atoms with Crippen LogP contribution in [0.3, 0.4) is 0 Å². The van der Waals surface area contributed by atoms with Crippen LogP contribution >= 0.6 is 11.8 Å². The average Bonchev–Trinajstić information content (AvgIpc) is 3.40. The number of carbonyl (C=O) groups is 4. The fraction of sp³-hybridized carbons (Fsp3) is 0.565. The summed E-state index contributed by atoms with van der Waals surface area (Å²) in [5.41, 5.74) is 9.04. The zero-order valence-corrected chi connectivity index (χ0v) is 20.6. The Hall–Kier alpha value is -3.44. The van der Waals surface area contributed by atoms with Gasteiger partial charge in [-0.25, -0.2) is 9.59 Å². The van der Waals surface area contributed by atoms with Crippen molar-refractivity contribution in [2.24, 2.45) is 5.11 Å². The highest BCUT2D eigenvalue weighted by Crippen LogP contribution is 2.33. The highest BCUT2D eigenvalue weighted by Gasteiger charge is 2.42. The second-order valence-electron chi connectivity index (χ2n) is 8.81. The van der Waals surface area contributed by atoms with Gasteiger partial charge in [-0.1, -0.05) is 23.7 Å². The van der Waals surface area contributed by atoms with E-state index in [2.05, 4.69) is 31.3 Å². The smallest absolute Gasteiger partial charge is 0.326 e. The van der Waals surface area contributed by atoms with Crippen LogP contribution in [-0.4, -0.2) is 64.6 Å². The van der Waals surface area contributed by atoms with Crippen molar-refractivity contribution in [1.29, 1.82) is 0 Å². The number of hydrogen-bond acceptors (Lipinski definition) is 6. The molecule has 0 bridgehead atoms. The molecule has 1 unspecified atom stereocenters. The van der Waals surface area contributed by atoms with E-state index in [9.17, 15) is 24.3 Å². The van der Waals surface area contributed by atoms with Crippen LogP contribution in [0, 0.1) is 0 Å². The summed E-state index contributed by atoms with van der Waals surface area (Å²) in [5.74, 6) is -0.762. The molecule has 1 aromatic carbocycles. The first kappa shape index (κ1) is 27.2. The normalized spacial score (nSPS) is 20.9. The maximum absolute atomic E-state index is 12.3. The second-order valence-corrected chi connectivity index (χ2v) is 10.1. The number of thioether (sulfide) groups is 1. The van der Waals surface area contributed by atoms with Crippen LogP contribution in [0.4, 0.5) is 10.5 Å². The van der Waals surface area contributed by atoms with Gasteiger partial charge in [-0.15, -0.1) is 0 Å². The zero-order valence-electron chi connectivity index (χ0n) is 19.8. The highest BCUT2D eigenvalue weighted by molar-refractivity contribution is 8.00. The first-order valence-corrected chi connectivity index (χ1v) is 13.1. The molecule has 13 heteroatoms. The molecular formula is C23H31N7O5S. The zero-order chi connectivity index (χ0) is 25.9. The number of rotatable bonds is 14. The number of amides is 4. The van der Waals surface area contributed by atoms with Gasteiger partial charge in [0.2, 0.25) is 5.91 Å². The first-order valence-electron chi connectivity index (χ1n) is 12.0. The molecule has 0 spiro atoms. The molecule has 2 saturated heterocycles. The fourth-order valence-corrected chi connectivity index (χ4v) is 5.84. The number of unbranched alkanes of at least 4 members (excludes halogenated alkanes) is 2. The van der Waals surface area contributed by atoms with E-state index in [1.165, 1.54) is 24.3 Å². The van der Waals surface area contributed by atoms with Gasteiger partial charge in [-0.3, -0.25) is 9.59 Å². The van der Waals surface area contributed by atoms with Crippen LogP contribution in [-0.2, 0) is 9.59 Å². The molecule has 3 rings (SSSR count). The summed E-state index contributed by atoms with van der Waals surface area (Å²) in [7, 11) is 0. The van der Waals surface area contributed by atoms with E-state index in [0.717, 1.165) is 25.0 Å². The third kappa shape index (κ3) is 8.06. The largest absolute Gasteiger partial charge is 0.480 e. The maximum atomic E-state index is 12.3. The van der Waals surface area contributed by atoms with Crippen LogP contribution in [0.1, 0.15) is 55.3 Å². The average molecular weight is 518 g/mol. The quantitative estimate of drug-likeness (QED) is 0.0830. The number of carboxylic acids is 1. The third-order valence-corrected chi connectivity index (χ3v) is 7.72. The SMILES string of the molecule is [N-]=[N+]=Nc1ccc(C(=O)NC(CCCCNC(=O)CCCC[C@@H]2SC[C@@H]3NC(=O)N[C@@H]32)C(=O)O)cc1. The minimum absolute atomic E-state index is 0.0324. The van der Waals surface area contributed by atoms with Crippen molar-refractivity contribution in [2.45, 2.75) is 68.3 Å². The van der Waals surface area contributed by atoms with Gasteiger partial charge in [-0.2, -0.15) is 11.8 Å². The van der Waals surface area contributed by atoms with Gasteiger partial charge >= 0.3 is 12.0 Å². The van der Waals surface area contributed by atoms with E-state index in [1.54, 1.807) is 0 Å². The number of fused-ring (bicyclic) bond motifs is 1. The van der Waals surface area contributed by atoms with Crippen LogP contribution in [0.5, 0.6) is 0 Å². The molecule has 2 heterocycles. The van der Waals surface area contributed by atoms with Crippen molar-refractivity contribution >= 4 is 41.3 Å². The Balaban J connectivity index is 1.26. The molecule has 36 heavy (non-hydrogen) atoms. The van der Waals surface area contributed by atoms with Gasteiger partial charge in [0.15, 0.2) is 0 Å². The Morgan fingerprint density at radius 1 is 1.17 bits per heavy atom. The minimum Gasteiger partial charge on any atom is -0.480 e. The third-order valence-electron chi connectivity index (χ3n) is 6.22. The molecule has 0 aliphatic carbocycles. The Kier molecular flexibility index (Phi) is 10.3. The lowest BCUT2D eigenvalue weighted by molar-refractivity contribution is -0.139. The molecule has 2 fully saturated rings. The monoisotopic (exact) mass is 517 g/mol. The number of hydrogen-bond donors (Lipinski definition) is 5. The predicted molar refractivity (Wildman–Crippen MR) is 135 cm³/mol. The van der Waals surface area contributed by atoms with Crippen molar-refractivity contribution in [3.05, 3.63) is 40.3 Å². The summed E-state index contributed by atoms with van der Waals surface area (Å²) >= 11 is 1.86. The summed E-state index contributed by atoms with van der Waals surface area (Å²) in [6.07, 6.45) is 4.44.